The number of quaternary nitrogens is 1. The molecule has 1 saturated heterocycles. The van der Waals surface area contributed by atoms with Crippen LogP contribution in [0.15, 0.2) is 51.7 Å². The van der Waals surface area contributed by atoms with E-state index < -0.39 is 0 Å². The minimum atomic E-state index is -0.259. The summed E-state index contributed by atoms with van der Waals surface area (Å²) < 4.78 is 10.7. The summed E-state index contributed by atoms with van der Waals surface area (Å²) in [5.41, 5.74) is 5.01. The minimum Gasteiger partial charge on any atom is -0.497 e. The zero-order valence-electron chi connectivity index (χ0n) is 16.7. The summed E-state index contributed by atoms with van der Waals surface area (Å²) in [5, 5.41) is 1.07. The lowest BCUT2D eigenvalue weighted by molar-refractivity contribution is -0.914. The highest BCUT2D eigenvalue weighted by molar-refractivity contribution is 5.83. The van der Waals surface area contributed by atoms with Crippen LogP contribution >= 0.6 is 0 Å². The highest BCUT2D eigenvalue weighted by Gasteiger charge is 2.22. The van der Waals surface area contributed by atoms with Gasteiger partial charge in [0.25, 0.3) is 0 Å². The van der Waals surface area contributed by atoms with Crippen molar-refractivity contribution in [1.82, 2.24) is 0 Å². The molecule has 5 nitrogen and oxygen atoms in total. The maximum atomic E-state index is 12.1. The molecule has 2 heterocycles. The third-order valence-electron chi connectivity index (χ3n) is 5.61. The third kappa shape index (κ3) is 3.76. The molecule has 0 unspecified atom stereocenters. The molecule has 0 bridgehead atoms. The van der Waals surface area contributed by atoms with Crippen molar-refractivity contribution in [3.63, 3.8) is 0 Å². The molecular formula is C23H27N2O3+. The molecular weight excluding hydrogens is 352 g/mol. The topological polar surface area (TPSA) is 47.1 Å². The van der Waals surface area contributed by atoms with Crippen molar-refractivity contribution in [2.45, 2.75) is 20.4 Å². The van der Waals surface area contributed by atoms with E-state index in [9.17, 15) is 4.79 Å². The van der Waals surface area contributed by atoms with Gasteiger partial charge in [0.1, 0.15) is 17.9 Å². The molecule has 28 heavy (non-hydrogen) atoms. The molecule has 0 radical (unpaired) electrons. The van der Waals surface area contributed by atoms with Gasteiger partial charge >= 0.3 is 5.63 Å². The molecule has 1 fully saturated rings. The van der Waals surface area contributed by atoms with Gasteiger partial charge in [-0.05, 0) is 55.3 Å². The molecule has 3 aromatic rings. The smallest absolute Gasteiger partial charge is 0.336 e. The summed E-state index contributed by atoms with van der Waals surface area (Å²) in [6.45, 7) is 9.01. The van der Waals surface area contributed by atoms with Gasteiger partial charge in [-0.2, -0.15) is 0 Å². The van der Waals surface area contributed by atoms with E-state index in [0.29, 0.717) is 0 Å². The second-order valence-electron chi connectivity index (χ2n) is 7.66. The zero-order valence-corrected chi connectivity index (χ0v) is 16.7. The van der Waals surface area contributed by atoms with E-state index in [2.05, 4.69) is 36.1 Å². The fourth-order valence-electron chi connectivity index (χ4n) is 4.14. The summed E-state index contributed by atoms with van der Waals surface area (Å²) >= 11 is 0. The van der Waals surface area contributed by atoms with Gasteiger partial charge < -0.3 is 19.0 Å². The van der Waals surface area contributed by atoms with Crippen LogP contribution in [0.2, 0.25) is 0 Å². The lowest BCUT2D eigenvalue weighted by atomic mass is 10.0. The number of fused-ring (bicyclic) bond motifs is 1. The number of ether oxygens (including phenoxy) is 1. The van der Waals surface area contributed by atoms with Gasteiger partial charge in [0.15, 0.2) is 0 Å². The Balaban J connectivity index is 1.50. The van der Waals surface area contributed by atoms with Crippen molar-refractivity contribution in [1.29, 1.82) is 0 Å². The largest absolute Gasteiger partial charge is 0.497 e. The van der Waals surface area contributed by atoms with Crippen molar-refractivity contribution >= 4 is 16.7 Å². The molecule has 0 spiro atoms. The van der Waals surface area contributed by atoms with Gasteiger partial charge in [-0.3, -0.25) is 0 Å². The molecule has 1 aliphatic heterocycles. The summed E-state index contributed by atoms with van der Waals surface area (Å²) in [6.07, 6.45) is 0. The first kappa shape index (κ1) is 18.6. The average Bonchev–Trinajstić information content (AvgIpc) is 2.69. The molecule has 0 atom stereocenters. The van der Waals surface area contributed by atoms with Crippen LogP contribution in [-0.2, 0) is 6.54 Å². The number of benzene rings is 2. The Morgan fingerprint density at radius 3 is 2.46 bits per heavy atom. The zero-order chi connectivity index (χ0) is 19.7. The molecule has 1 N–H and O–H groups in total. The summed E-state index contributed by atoms with van der Waals surface area (Å²) in [7, 11) is 1.69. The van der Waals surface area contributed by atoms with Crippen LogP contribution in [-0.4, -0.2) is 33.3 Å². The molecule has 5 heteroatoms. The Bertz CT molecular complexity index is 1030. The first-order chi connectivity index (χ1) is 13.5. The average molecular weight is 379 g/mol. The van der Waals surface area contributed by atoms with Gasteiger partial charge in [-0.25, -0.2) is 4.79 Å². The SMILES string of the molecule is COc1ccc(N2CC[NH+](Cc3cc(=O)oc4c(C)cc(C)cc34)CC2)cc1. The summed E-state index contributed by atoms with van der Waals surface area (Å²) in [6, 6.07) is 14.1. The van der Waals surface area contributed by atoms with Crippen LogP contribution in [0.4, 0.5) is 5.69 Å². The fraction of sp³-hybridized carbons (Fsp3) is 0.348. The van der Waals surface area contributed by atoms with Crippen molar-refractivity contribution in [3.8, 4) is 5.75 Å². The summed E-state index contributed by atoms with van der Waals surface area (Å²) in [5.74, 6) is 0.883. The number of rotatable bonds is 4. The predicted molar refractivity (Wildman–Crippen MR) is 112 cm³/mol. The lowest BCUT2D eigenvalue weighted by Gasteiger charge is -2.33. The Morgan fingerprint density at radius 1 is 1.07 bits per heavy atom. The number of methoxy groups -OCH3 is 1. The molecule has 0 aliphatic carbocycles. The molecule has 146 valence electrons. The van der Waals surface area contributed by atoms with Crippen LogP contribution in [0, 0.1) is 13.8 Å². The van der Waals surface area contributed by atoms with Crippen molar-refractivity contribution in [3.05, 3.63) is 69.6 Å². The number of nitrogens with one attached hydrogen (secondary N) is 1. The molecule has 4 rings (SSSR count). The van der Waals surface area contributed by atoms with E-state index >= 15 is 0 Å². The molecule has 0 amide bonds. The Hall–Kier alpha value is -2.79. The van der Waals surface area contributed by atoms with Gasteiger partial charge in [0.05, 0.1) is 33.3 Å². The lowest BCUT2D eigenvalue weighted by Crippen LogP contribution is -3.13. The molecule has 1 aliphatic rings. The van der Waals surface area contributed by atoms with Crippen molar-refractivity contribution in [2.24, 2.45) is 0 Å². The van der Waals surface area contributed by atoms with E-state index in [1.54, 1.807) is 13.2 Å². The van der Waals surface area contributed by atoms with E-state index in [1.165, 1.54) is 16.2 Å². The monoisotopic (exact) mass is 379 g/mol. The highest BCUT2D eigenvalue weighted by Crippen LogP contribution is 2.22. The number of nitrogens with zero attached hydrogens (tertiary/aromatic N) is 1. The van der Waals surface area contributed by atoms with E-state index in [4.69, 9.17) is 9.15 Å². The second-order valence-corrected chi connectivity index (χ2v) is 7.66. The van der Waals surface area contributed by atoms with Crippen LogP contribution in [0.25, 0.3) is 11.0 Å². The number of hydrogen-bond donors (Lipinski definition) is 1. The van der Waals surface area contributed by atoms with Gasteiger partial charge in [0, 0.05) is 22.7 Å². The maximum absolute atomic E-state index is 12.1. The molecule has 1 aromatic heterocycles. The van der Waals surface area contributed by atoms with Crippen LogP contribution in [0.1, 0.15) is 16.7 Å². The second kappa shape index (κ2) is 7.68. The van der Waals surface area contributed by atoms with E-state index in [0.717, 1.165) is 60.6 Å². The van der Waals surface area contributed by atoms with E-state index in [-0.39, 0.29) is 5.63 Å². The molecule has 2 aromatic carbocycles. The van der Waals surface area contributed by atoms with Crippen LogP contribution < -0.4 is 20.2 Å². The van der Waals surface area contributed by atoms with Crippen LogP contribution in [0.5, 0.6) is 5.75 Å². The quantitative estimate of drug-likeness (QED) is 0.707. The Morgan fingerprint density at radius 2 is 1.79 bits per heavy atom. The van der Waals surface area contributed by atoms with Crippen molar-refractivity contribution in [2.75, 3.05) is 38.2 Å². The first-order valence-corrected chi connectivity index (χ1v) is 9.80. The molecule has 0 saturated carbocycles. The predicted octanol–water partition coefficient (Wildman–Crippen LogP) is 2.32. The summed E-state index contributed by atoms with van der Waals surface area (Å²) in [4.78, 5) is 16.0. The Labute approximate surface area is 165 Å². The fourth-order valence-corrected chi connectivity index (χ4v) is 4.14. The van der Waals surface area contributed by atoms with Gasteiger partial charge in [0.2, 0.25) is 0 Å². The minimum absolute atomic E-state index is 0.259. The third-order valence-corrected chi connectivity index (χ3v) is 5.61. The number of anilines is 1. The maximum Gasteiger partial charge on any atom is 0.336 e. The first-order valence-electron chi connectivity index (χ1n) is 9.80. The number of hydrogen-bond acceptors (Lipinski definition) is 4. The standard InChI is InChI=1S/C23H26N2O3/c1-16-12-17(2)23-21(13-16)18(14-22(26)28-23)15-24-8-10-25(11-9-24)19-4-6-20(27-3)7-5-19/h4-7,12-14H,8-11,15H2,1-3H3/p+1. The Kier molecular flexibility index (Phi) is 5.09. The van der Waals surface area contributed by atoms with Gasteiger partial charge in [-0.1, -0.05) is 6.07 Å². The van der Waals surface area contributed by atoms with E-state index in [1.807, 2.05) is 19.1 Å². The normalized spacial score (nSPS) is 15.2. The van der Waals surface area contributed by atoms with Crippen molar-refractivity contribution < 1.29 is 14.1 Å². The number of piperazine rings is 1. The number of aryl methyl sites for hydroxylation is 2. The van der Waals surface area contributed by atoms with Crippen LogP contribution in [0.3, 0.4) is 0 Å². The highest BCUT2D eigenvalue weighted by atomic mass is 16.5. The van der Waals surface area contributed by atoms with Gasteiger partial charge in [-0.15, -0.1) is 0 Å².